The lowest BCUT2D eigenvalue weighted by Crippen LogP contribution is -2.50. The normalized spacial score (nSPS) is 13.5. The number of piperazine rings is 1. The van der Waals surface area contributed by atoms with E-state index in [1.54, 1.807) is 48.5 Å². The number of hydrogen-bond acceptors (Lipinski definition) is 8. The molecule has 10 heteroatoms. The second-order valence-electron chi connectivity index (χ2n) is 6.42. The first-order chi connectivity index (χ1) is 14.6. The summed E-state index contributed by atoms with van der Waals surface area (Å²) in [7, 11) is 0. The summed E-state index contributed by atoms with van der Waals surface area (Å²) in [6.07, 6.45) is 2.74. The topological polar surface area (TPSA) is 114 Å². The number of esters is 1. The lowest BCUT2D eigenvalue weighted by atomic mass is 10.2. The number of carbonyl (C=O) groups excluding carboxylic acids is 3. The molecule has 0 bridgehead atoms. The van der Waals surface area contributed by atoms with Crippen LogP contribution < -0.4 is 10.2 Å². The van der Waals surface area contributed by atoms with Crippen LogP contribution in [0.4, 0.5) is 16.4 Å². The van der Waals surface area contributed by atoms with Crippen LogP contribution in [0.25, 0.3) is 0 Å². The molecule has 0 saturated carbocycles. The fraction of sp³-hybridized carbons (Fsp3) is 0.350. The Bertz CT molecular complexity index is 884. The highest BCUT2D eigenvalue weighted by Crippen LogP contribution is 2.13. The molecule has 10 nitrogen and oxygen atoms in total. The molecule has 0 atom stereocenters. The number of amides is 2. The van der Waals surface area contributed by atoms with Crippen molar-refractivity contribution in [2.75, 3.05) is 49.6 Å². The number of rotatable bonds is 6. The second kappa shape index (κ2) is 10.2. The third-order valence-corrected chi connectivity index (χ3v) is 4.41. The highest BCUT2D eigenvalue weighted by molar-refractivity contribution is 5.93. The molecule has 1 aliphatic rings. The summed E-state index contributed by atoms with van der Waals surface area (Å²) >= 11 is 0. The van der Waals surface area contributed by atoms with Gasteiger partial charge in [-0.2, -0.15) is 0 Å². The summed E-state index contributed by atoms with van der Waals surface area (Å²) < 4.78 is 9.95. The molecule has 1 N–H and O–H groups in total. The minimum Gasteiger partial charge on any atom is -0.452 e. The Morgan fingerprint density at radius 3 is 2.47 bits per heavy atom. The monoisotopic (exact) mass is 413 g/mol. The number of carbonyl (C=O) groups is 3. The molecule has 30 heavy (non-hydrogen) atoms. The van der Waals surface area contributed by atoms with Gasteiger partial charge in [-0.1, -0.05) is 6.07 Å². The highest BCUT2D eigenvalue weighted by atomic mass is 16.5. The molecule has 1 fully saturated rings. The summed E-state index contributed by atoms with van der Waals surface area (Å²) in [5.41, 5.74) is 0.622. The zero-order valence-corrected chi connectivity index (χ0v) is 16.6. The number of ether oxygens (including phenoxy) is 2. The Balaban J connectivity index is 1.47. The lowest BCUT2D eigenvalue weighted by molar-refractivity contribution is -0.134. The van der Waals surface area contributed by atoms with Crippen LogP contribution in [0.2, 0.25) is 0 Å². The Kier molecular flexibility index (Phi) is 7.14. The number of hydrogen-bond donors (Lipinski definition) is 1. The number of anilines is 2. The summed E-state index contributed by atoms with van der Waals surface area (Å²) in [5.74, 6) is -0.280. The van der Waals surface area contributed by atoms with E-state index in [0.29, 0.717) is 37.8 Å². The average molecular weight is 413 g/mol. The Morgan fingerprint density at radius 1 is 1.03 bits per heavy atom. The molecule has 0 unspecified atom stereocenters. The minimum atomic E-state index is -0.646. The molecular formula is C20H23N5O5. The van der Waals surface area contributed by atoms with E-state index in [2.05, 4.69) is 15.3 Å². The smallest absolute Gasteiger partial charge is 0.411 e. The van der Waals surface area contributed by atoms with Crippen molar-refractivity contribution in [2.45, 2.75) is 6.92 Å². The first-order valence-corrected chi connectivity index (χ1v) is 9.57. The van der Waals surface area contributed by atoms with E-state index >= 15 is 0 Å². The van der Waals surface area contributed by atoms with Crippen molar-refractivity contribution in [3.8, 4) is 0 Å². The molecule has 0 radical (unpaired) electrons. The Labute approximate surface area is 173 Å². The van der Waals surface area contributed by atoms with Gasteiger partial charge in [-0.05, 0) is 31.2 Å². The third kappa shape index (κ3) is 5.66. The van der Waals surface area contributed by atoms with Crippen LogP contribution in [0.3, 0.4) is 0 Å². The fourth-order valence-electron chi connectivity index (χ4n) is 2.92. The molecule has 3 rings (SSSR count). The fourth-order valence-corrected chi connectivity index (χ4v) is 2.92. The summed E-state index contributed by atoms with van der Waals surface area (Å²) in [5, 5.41) is 2.51. The molecule has 1 aromatic heterocycles. The van der Waals surface area contributed by atoms with Gasteiger partial charge in [-0.15, -0.1) is 0 Å². The molecular weight excluding hydrogens is 390 g/mol. The zero-order chi connectivity index (χ0) is 21.3. The van der Waals surface area contributed by atoms with Crippen LogP contribution in [-0.4, -0.2) is 72.2 Å². The largest absolute Gasteiger partial charge is 0.452 e. The van der Waals surface area contributed by atoms with Crippen molar-refractivity contribution in [1.29, 1.82) is 0 Å². The molecule has 1 aromatic carbocycles. The average Bonchev–Trinajstić information content (AvgIpc) is 2.78. The summed E-state index contributed by atoms with van der Waals surface area (Å²) in [4.78, 5) is 48.2. The van der Waals surface area contributed by atoms with E-state index in [1.807, 2.05) is 4.90 Å². The second-order valence-corrected chi connectivity index (χ2v) is 6.42. The van der Waals surface area contributed by atoms with Crippen molar-refractivity contribution < 1.29 is 23.9 Å². The van der Waals surface area contributed by atoms with Crippen LogP contribution >= 0.6 is 0 Å². The molecule has 0 aliphatic carbocycles. The number of nitrogens with one attached hydrogen (secondary N) is 1. The zero-order valence-electron chi connectivity index (χ0n) is 16.6. The van der Waals surface area contributed by atoms with E-state index < -0.39 is 12.1 Å². The van der Waals surface area contributed by atoms with Gasteiger partial charge in [0.05, 0.1) is 12.2 Å². The molecule has 0 spiro atoms. The van der Waals surface area contributed by atoms with Gasteiger partial charge in [0.2, 0.25) is 5.95 Å². The van der Waals surface area contributed by atoms with E-state index in [9.17, 15) is 14.4 Å². The SMILES string of the molecule is CCOC(=O)Nc1cccc(C(=O)OCC(=O)N2CCN(c3ncccn3)CC2)c1. The van der Waals surface area contributed by atoms with Crippen molar-refractivity contribution in [1.82, 2.24) is 14.9 Å². The van der Waals surface area contributed by atoms with Crippen molar-refractivity contribution >= 4 is 29.6 Å². The Hall–Kier alpha value is -3.69. The van der Waals surface area contributed by atoms with Crippen molar-refractivity contribution in [3.05, 3.63) is 48.3 Å². The van der Waals surface area contributed by atoms with Gasteiger partial charge in [0.1, 0.15) is 0 Å². The van der Waals surface area contributed by atoms with E-state index in [4.69, 9.17) is 9.47 Å². The van der Waals surface area contributed by atoms with Crippen LogP contribution in [0, 0.1) is 0 Å². The highest BCUT2D eigenvalue weighted by Gasteiger charge is 2.23. The first-order valence-electron chi connectivity index (χ1n) is 9.57. The van der Waals surface area contributed by atoms with Crippen molar-refractivity contribution in [2.24, 2.45) is 0 Å². The maximum atomic E-state index is 12.4. The summed E-state index contributed by atoms with van der Waals surface area (Å²) in [6, 6.07) is 7.98. The lowest BCUT2D eigenvalue weighted by Gasteiger charge is -2.34. The van der Waals surface area contributed by atoms with E-state index in [0.717, 1.165) is 0 Å². The number of benzene rings is 1. The number of nitrogens with zero attached hydrogens (tertiary/aromatic N) is 4. The van der Waals surface area contributed by atoms with Gasteiger partial charge in [-0.3, -0.25) is 10.1 Å². The number of aromatic nitrogens is 2. The van der Waals surface area contributed by atoms with E-state index in [1.165, 1.54) is 6.07 Å². The quantitative estimate of drug-likeness (QED) is 0.710. The van der Waals surface area contributed by atoms with Gasteiger partial charge in [0.25, 0.3) is 5.91 Å². The van der Waals surface area contributed by atoms with Crippen LogP contribution in [0.15, 0.2) is 42.7 Å². The third-order valence-electron chi connectivity index (χ3n) is 4.41. The molecule has 2 amide bonds. The predicted octanol–water partition coefficient (Wildman–Crippen LogP) is 1.55. The van der Waals surface area contributed by atoms with Gasteiger partial charge in [-0.25, -0.2) is 19.6 Å². The van der Waals surface area contributed by atoms with Gasteiger partial charge >= 0.3 is 12.1 Å². The van der Waals surface area contributed by atoms with Crippen LogP contribution in [0.1, 0.15) is 17.3 Å². The standard InChI is InChI=1S/C20H23N5O5/c1-2-29-20(28)23-16-6-3-5-15(13-16)18(27)30-14-17(26)24-9-11-25(12-10-24)19-21-7-4-8-22-19/h3-8,13H,2,9-12,14H2,1H3,(H,23,28). The molecule has 2 aromatic rings. The van der Waals surface area contributed by atoms with Crippen LogP contribution in [0.5, 0.6) is 0 Å². The van der Waals surface area contributed by atoms with E-state index in [-0.39, 0.29) is 24.7 Å². The Morgan fingerprint density at radius 2 is 1.77 bits per heavy atom. The van der Waals surface area contributed by atoms with Gasteiger partial charge < -0.3 is 19.3 Å². The maximum absolute atomic E-state index is 12.4. The minimum absolute atomic E-state index is 0.225. The molecule has 1 saturated heterocycles. The van der Waals surface area contributed by atoms with Crippen molar-refractivity contribution in [3.63, 3.8) is 0 Å². The van der Waals surface area contributed by atoms with Gasteiger partial charge in [0, 0.05) is 44.3 Å². The summed E-state index contributed by atoms with van der Waals surface area (Å²) in [6.45, 7) is 3.77. The van der Waals surface area contributed by atoms with Gasteiger partial charge in [0.15, 0.2) is 6.61 Å². The maximum Gasteiger partial charge on any atom is 0.411 e. The van der Waals surface area contributed by atoms with Crippen LogP contribution in [-0.2, 0) is 14.3 Å². The first kappa shape index (κ1) is 21.0. The predicted molar refractivity (Wildman–Crippen MR) is 108 cm³/mol. The molecule has 158 valence electrons. The molecule has 1 aliphatic heterocycles. The molecule has 2 heterocycles.